The van der Waals surface area contributed by atoms with Gasteiger partial charge in [0.15, 0.2) is 0 Å². The number of rotatable bonds is 5. The smallest absolute Gasteiger partial charge is 0.222 e. The summed E-state index contributed by atoms with van der Waals surface area (Å²) in [5.74, 6) is 0.301. The number of methoxy groups -OCH3 is 2. The Labute approximate surface area is 105 Å². The lowest BCUT2D eigenvalue weighted by atomic mass is 10.0. The van der Waals surface area contributed by atoms with Crippen LogP contribution in [0.1, 0.15) is 11.7 Å². The topological polar surface area (TPSA) is 70.5 Å². The Morgan fingerprint density at radius 3 is 2.78 bits per heavy atom. The van der Waals surface area contributed by atoms with Crippen LogP contribution in [-0.4, -0.2) is 26.0 Å². The fraction of sp³-hybridized carbons (Fsp3) is 0.308. The first-order valence-electron chi connectivity index (χ1n) is 5.59. The Balaban J connectivity index is 2.29. The molecule has 2 aromatic rings. The van der Waals surface area contributed by atoms with Crippen LogP contribution in [-0.2, 0) is 9.47 Å². The van der Waals surface area contributed by atoms with Gasteiger partial charge in [0.25, 0.3) is 0 Å². The third-order valence-corrected chi connectivity index (χ3v) is 2.69. The fourth-order valence-corrected chi connectivity index (χ4v) is 1.78. The summed E-state index contributed by atoms with van der Waals surface area (Å²) < 4.78 is 15.4. The molecule has 2 N–H and O–H groups in total. The van der Waals surface area contributed by atoms with Gasteiger partial charge in [0.1, 0.15) is 11.8 Å². The third-order valence-electron chi connectivity index (χ3n) is 2.69. The maximum Gasteiger partial charge on any atom is 0.222 e. The summed E-state index contributed by atoms with van der Waals surface area (Å²) in [4.78, 5) is 0. The van der Waals surface area contributed by atoms with E-state index in [0.29, 0.717) is 18.2 Å². The highest BCUT2D eigenvalue weighted by Gasteiger charge is 2.12. The minimum atomic E-state index is -0.0980. The van der Waals surface area contributed by atoms with Gasteiger partial charge in [-0.15, -0.1) is 0 Å². The standard InChI is InChI=1S/C13H16N2O3/c1-16-8-12(17-2)10-5-3-4-9(6-10)11-7-13(14)18-15-11/h3-7,12H,8,14H2,1-2H3. The highest BCUT2D eigenvalue weighted by atomic mass is 16.5. The number of aromatic nitrogens is 1. The Hall–Kier alpha value is -1.85. The van der Waals surface area contributed by atoms with Crippen LogP contribution in [0.25, 0.3) is 11.3 Å². The second-order valence-electron chi connectivity index (χ2n) is 3.92. The van der Waals surface area contributed by atoms with Crippen LogP contribution in [0.3, 0.4) is 0 Å². The van der Waals surface area contributed by atoms with Crippen LogP contribution in [0.15, 0.2) is 34.9 Å². The maximum atomic E-state index is 5.51. The highest BCUT2D eigenvalue weighted by Crippen LogP contribution is 2.25. The van der Waals surface area contributed by atoms with Crippen LogP contribution >= 0.6 is 0 Å². The molecular formula is C13H16N2O3. The molecule has 1 heterocycles. The summed E-state index contributed by atoms with van der Waals surface area (Å²) in [5, 5.41) is 3.89. The van der Waals surface area contributed by atoms with E-state index >= 15 is 0 Å². The van der Waals surface area contributed by atoms with E-state index in [2.05, 4.69) is 5.16 Å². The second-order valence-corrected chi connectivity index (χ2v) is 3.92. The molecule has 18 heavy (non-hydrogen) atoms. The maximum absolute atomic E-state index is 5.51. The van der Waals surface area contributed by atoms with Crippen molar-refractivity contribution in [2.75, 3.05) is 26.6 Å². The third kappa shape index (κ3) is 2.69. The van der Waals surface area contributed by atoms with Crippen molar-refractivity contribution in [2.45, 2.75) is 6.10 Å². The number of nitrogens with two attached hydrogens (primary N) is 1. The summed E-state index contributed by atoms with van der Waals surface area (Å²) in [6.07, 6.45) is -0.0980. The number of hydrogen-bond acceptors (Lipinski definition) is 5. The minimum Gasteiger partial charge on any atom is -0.382 e. The molecule has 0 aliphatic carbocycles. The lowest BCUT2D eigenvalue weighted by molar-refractivity contribution is 0.0275. The van der Waals surface area contributed by atoms with E-state index in [9.17, 15) is 0 Å². The number of ether oxygens (including phenoxy) is 2. The lowest BCUT2D eigenvalue weighted by Gasteiger charge is -2.15. The van der Waals surface area contributed by atoms with Crippen molar-refractivity contribution in [3.8, 4) is 11.3 Å². The molecule has 1 aromatic carbocycles. The molecule has 2 rings (SSSR count). The molecule has 0 fully saturated rings. The normalized spacial score (nSPS) is 12.6. The van der Waals surface area contributed by atoms with E-state index in [0.717, 1.165) is 11.1 Å². The number of anilines is 1. The first kappa shape index (κ1) is 12.6. The molecule has 0 spiro atoms. The minimum absolute atomic E-state index is 0.0980. The predicted molar refractivity (Wildman–Crippen MR) is 68.0 cm³/mol. The van der Waals surface area contributed by atoms with Gasteiger partial charge in [-0.1, -0.05) is 23.4 Å². The summed E-state index contributed by atoms with van der Waals surface area (Å²) in [6, 6.07) is 9.55. The molecule has 0 aliphatic rings. The lowest BCUT2D eigenvalue weighted by Crippen LogP contribution is -2.08. The number of nitrogens with zero attached hydrogens (tertiary/aromatic N) is 1. The monoisotopic (exact) mass is 248 g/mol. The van der Waals surface area contributed by atoms with Crippen molar-refractivity contribution < 1.29 is 14.0 Å². The van der Waals surface area contributed by atoms with Crippen molar-refractivity contribution in [1.82, 2.24) is 5.16 Å². The first-order valence-corrected chi connectivity index (χ1v) is 5.59. The van der Waals surface area contributed by atoms with Gasteiger partial charge >= 0.3 is 0 Å². The largest absolute Gasteiger partial charge is 0.382 e. The Morgan fingerprint density at radius 2 is 2.17 bits per heavy atom. The zero-order chi connectivity index (χ0) is 13.0. The van der Waals surface area contributed by atoms with Gasteiger partial charge < -0.3 is 19.7 Å². The van der Waals surface area contributed by atoms with E-state index in [1.54, 1.807) is 20.3 Å². The van der Waals surface area contributed by atoms with E-state index in [1.807, 2.05) is 24.3 Å². The van der Waals surface area contributed by atoms with Crippen molar-refractivity contribution in [2.24, 2.45) is 0 Å². The average molecular weight is 248 g/mol. The molecule has 1 aromatic heterocycles. The number of hydrogen-bond donors (Lipinski definition) is 1. The average Bonchev–Trinajstić information content (AvgIpc) is 2.83. The molecule has 0 radical (unpaired) electrons. The second kappa shape index (κ2) is 5.66. The van der Waals surface area contributed by atoms with Crippen LogP contribution in [0.2, 0.25) is 0 Å². The molecule has 5 heteroatoms. The van der Waals surface area contributed by atoms with Crippen molar-refractivity contribution in [1.29, 1.82) is 0 Å². The van der Waals surface area contributed by atoms with Gasteiger partial charge in [-0.05, 0) is 11.6 Å². The summed E-state index contributed by atoms with van der Waals surface area (Å²) in [5.41, 5.74) is 8.19. The highest BCUT2D eigenvalue weighted by molar-refractivity contribution is 5.62. The molecule has 1 unspecified atom stereocenters. The number of nitrogen functional groups attached to an aromatic ring is 1. The van der Waals surface area contributed by atoms with Crippen LogP contribution in [0.4, 0.5) is 5.88 Å². The fourth-order valence-electron chi connectivity index (χ4n) is 1.78. The Bertz CT molecular complexity index is 510. The van der Waals surface area contributed by atoms with Gasteiger partial charge in [-0.25, -0.2) is 0 Å². The van der Waals surface area contributed by atoms with Crippen molar-refractivity contribution in [3.05, 3.63) is 35.9 Å². The summed E-state index contributed by atoms with van der Waals surface area (Å²) in [6.45, 7) is 0.501. The Kier molecular flexibility index (Phi) is 3.96. The van der Waals surface area contributed by atoms with Gasteiger partial charge in [0.05, 0.1) is 6.61 Å². The van der Waals surface area contributed by atoms with Crippen molar-refractivity contribution >= 4 is 5.88 Å². The van der Waals surface area contributed by atoms with Crippen LogP contribution in [0.5, 0.6) is 0 Å². The first-order chi connectivity index (χ1) is 8.74. The van der Waals surface area contributed by atoms with E-state index < -0.39 is 0 Å². The van der Waals surface area contributed by atoms with E-state index in [4.69, 9.17) is 19.7 Å². The summed E-state index contributed by atoms with van der Waals surface area (Å²) >= 11 is 0. The summed E-state index contributed by atoms with van der Waals surface area (Å²) in [7, 11) is 3.30. The van der Waals surface area contributed by atoms with Crippen LogP contribution < -0.4 is 5.73 Å². The molecule has 96 valence electrons. The molecule has 0 amide bonds. The molecule has 0 saturated heterocycles. The molecular weight excluding hydrogens is 232 g/mol. The Morgan fingerprint density at radius 1 is 1.33 bits per heavy atom. The van der Waals surface area contributed by atoms with Crippen LogP contribution in [0, 0.1) is 0 Å². The zero-order valence-corrected chi connectivity index (χ0v) is 10.4. The zero-order valence-electron chi connectivity index (χ0n) is 10.4. The van der Waals surface area contributed by atoms with Crippen molar-refractivity contribution in [3.63, 3.8) is 0 Å². The van der Waals surface area contributed by atoms with Gasteiger partial charge in [0, 0.05) is 25.8 Å². The SMILES string of the molecule is COCC(OC)c1cccc(-c2cc(N)on2)c1. The molecule has 0 bridgehead atoms. The molecule has 1 atom stereocenters. The quantitative estimate of drug-likeness (QED) is 0.878. The molecule has 5 nitrogen and oxygen atoms in total. The molecule has 0 aliphatic heterocycles. The van der Waals surface area contributed by atoms with Gasteiger partial charge in [-0.2, -0.15) is 0 Å². The molecule has 0 saturated carbocycles. The number of benzene rings is 1. The van der Waals surface area contributed by atoms with Gasteiger partial charge in [-0.3, -0.25) is 0 Å². The van der Waals surface area contributed by atoms with Gasteiger partial charge in [0.2, 0.25) is 5.88 Å². The van der Waals surface area contributed by atoms with E-state index in [1.165, 1.54) is 0 Å². The predicted octanol–water partition coefficient (Wildman–Crippen LogP) is 2.26. The van der Waals surface area contributed by atoms with E-state index in [-0.39, 0.29) is 6.10 Å².